The molecule has 0 bridgehead atoms. The van der Waals surface area contributed by atoms with Crippen molar-refractivity contribution < 1.29 is 35.9 Å². The summed E-state index contributed by atoms with van der Waals surface area (Å²) >= 11 is 0. The van der Waals surface area contributed by atoms with Gasteiger partial charge in [0.2, 0.25) is 5.91 Å². The molecule has 11 heteroatoms. The SMILES string of the molecule is O=C1CCc2cc(S(=O)(=O)Nc3ccc4c(c3)OC(F)(F)O4)c(F)cc2N1. The molecular weight excluding hydrogens is 389 g/mol. The monoisotopic (exact) mass is 400 g/mol. The number of aryl methyl sites for hydroxylation is 1. The summed E-state index contributed by atoms with van der Waals surface area (Å²) in [6.45, 7) is 0. The smallest absolute Gasteiger partial charge is 0.395 e. The number of hydrogen-bond donors (Lipinski definition) is 2. The molecule has 0 spiro atoms. The average molecular weight is 400 g/mol. The number of amides is 1. The fraction of sp³-hybridized carbons (Fsp3) is 0.188. The molecular formula is C16H11F3N2O5S. The van der Waals surface area contributed by atoms with Gasteiger partial charge in [0.15, 0.2) is 11.5 Å². The van der Waals surface area contributed by atoms with Gasteiger partial charge in [-0.2, -0.15) is 0 Å². The molecule has 27 heavy (non-hydrogen) atoms. The maximum atomic E-state index is 14.3. The number of halogens is 3. The van der Waals surface area contributed by atoms with Crippen molar-refractivity contribution in [2.45, 2.75) is 24.0 Å². The summed E-state index contributed by atoms with van der Waals surface area (Å²) in [4.78, 5) is 10.7. The number of carbonyl (C=O) groups is 1. The molecule has 0 atom stereocenters. The molecule has 2 aromatic carbocycles. The third kappa shape index (κ3) is 3.25. The zero-order valence-electron chi connectivity index (χ0n) is 13.4. The highest BCUT2D eigenvalue weighted by molar-refractivity contribution is 7.92. The summed E-state index contributed by atoms with van der Waals surface area (Å²) in [6.07, 6.45) is -3.42. The van der Waals surface area contributed by atoms with Gasteiger partial charge < -0.3 is 14.8 Å². The molecule has 142 valence electrons. The number of sulfonamides is 1. The van der Waals surface area contributed by atoms with Crippen molar-refractivity contribution in [1.29, 1.82) is 0 Å². The molecule has 0 aromatic heterocycles. The highest BCUT2D eigenvalue weighted by atomic mass is 32.2. The summed E-state index contributed by atoms with van der Waals surface area (Å²) in [7, 11) is -4.36. The average Bonchev–Trinajstić information content (AvgIpc) is 2.86. The number of ether oxygens (including phenoxy) is 2. The van der Waals surface area contributed by atoms with Gasteiger partial charge in [0.25, 0.3) is 10.0 Å². The lowest BCUT2D eigenvalue weighted by molar-refractivity contribution is -0.286. The first-order valence-corrected chi connectivity index (χ1v) is 9.16. The van der Waals surface area contributed by atoms with E-state index >= 15 is 0 Å². The Labute approximate surface area is 151 Å². The Morgan fingerprint density at radius 2 is 1.81 bits per heavy atom. The second-order valence-electron chi connectivity index (χ2n) is 5.92. The first kappa shape index (κ1) is 17.5. The van der Waals surface area contributed by atoms with Crippen LogP contribution in [-0.2, 0) is 21.2 Å². The number of hydrogen-bond acceptors (Lipinski definition) is 5. The van der Waals surface area contributed by atoms with Crippen molar-refractivity contribution in [2.75, 3.05) is 10.0 Å². The van der Waals surface area contributed by atoms with Crippen molar-refractivity contribution in [1.82, 2.24) is 0 Å². The van der Waals surface area contributed by atoms with E-state index in [1.165, 1.54) is 6.07 Å². The van der Waals surface area contributed by atoms with Gasteiger partial charge in [0.1, 0.15) is 10.7 Å². The predicted octanol–water partition coefficient (Wildman–Crippen LogP) is 2.83. The van der Waals surface area contributed by atoms with Crippen LogP contribution in [0.25, 0.3) is 0 Å². The van der Waals surface area contributed by atoms with Crippen LogP contribution in [0.3, 0.4) is 0 Å². The quantitative estimate of drug-likeness (QED) is 0.827. The van der Waals surface area contributed by atoms with Crippen LogP contribution in [0.4, 0.5) is 24.5 Å². The number of alkyl halides is 2. The Balaban J connectivity index is 1.65. The van der Waals surface area contributed by atoms with Crippen molar-refractivity contribution in [3.05, 3.63) is 41.7 Å². The van der Waals surface area contributed by atoms with Crippen molar-refractivity contribution in [3.8, 4) is 11.5 Å². The first-order valence-electron chi connectivity index (χ1n) is 7.68. The third-order valence-corrected chi connectivity index (χ3v) is 5.39. The lowest BCUT2D eigenvalue weighted by Crippen LogP contribution is -2.25. The van der Waals surface area contributed by atoms with Crippen LogP contribution >= 0.6 is 0 Å². The normalized spacial score (nSPS) is 17.2. The standard InChI is InChI=1S/C16H11F3N2O5S/c17-10-7-11-8(1-4-15(22)20-11)5-14(10)27(23,24)21-9-2-3-12-13(6-9)26-16(18,19)25-12/h2-3,5-7,21H,1,4H2,(H,20,22). The van der Waals surface area contributed by atoms with Crippen LogP contribution in [0, 0.1) is 5.82 Å². The maximum Gasteiger partial charge on any atom is 0.586 e. The molecule has 0 aliphatic carbocycles. The molecule has 2 heterocycles. The van der Waals surface area contributed by atoms with E-state index in [1.54, 1.807) is 0 Å². The van der Waals surface area contributed by atoms with E-state index in [1.807, 2.05) is 0 Å². The van der Waals surface area contributed by atoms with Gasteiger partial charge >= 0.3 is 6.29 Å². The van der Waals surface area contributed by atoms with Gasteiger partial charge in [0.05, 0.1) is 5.69 Å². The van der Waals surface area contributed by atoms with Gasteiger partial charge in [0, 0.05) is 18.2 Å². The highest BCUT2D eigenvalue weighted by Gasteiger charge is 2.43. The van der Waals surface area contributed by atoms with Gasteiger partial charge in [-0.1, -0.05) is 0 Å². The molecule has 4 rings (SSSR count). The fourth-order valence-corrected chi connectivity index (χ4v) is 3.97. The molecule has 0 radical (unpaired) electrons. The van der Waals surface area contributed by atoms with Crippen LogP contribution in [-0.4, -0.2) is 20.6 Å². The summed E-state index contributed by atoms with van der Waals surface area (Å²) in [5, 5.41) is 2.47. The van der Waals surface area contributed by atoms with E-state index < -0.39 is 27.0 Å². The van der Waals surface area contributed by atoms with Crippen molar-refractivity contribution >= 4 is 27.3 Å². The number of anilines is 2. The lowest BCUT2D eigenvalue weighted by Gasteiger charge is -2.18. The third-order valence-electron chi connectivity index (χ3n) is 4.00. The molecule has 7 nitrogen and oxygen atoms in total. The van der Waals surface area contributed by atoms with Crippen LogP contribution in [0.15, 0.2) is 35.2 Å². The minimum absolute atomic E-state index is 0.111. The lowest BCUT2D eigenvalue weighted by atomic mass is 10.0. The molecule has 2 aliphatic heterocycles. The molecule has 0 fully saturated rings. The topological polar surface area (TPSA) is 93.7 Å². The van der Waals surface area contributed by atoms with Crippen molar-refractivity contribution in [2.24, 2.45) is 0 Å². The van der Waals surface area contributed by atoms with Crippen LogP contribution < -0.4 is 19.5 Å². The summed E-state index contributed by atoms with van der Waals surface area (Å²) < 4.78 is 76.1. The van der Waals surface area contributed by atoms with Gasteiger partial charge in [-0.3, -0.25) is 9.52 Å². The molecule has 0 unspecified atom stereocenters. The number of fused-ring (bicyclic) bond motifs is 2. The largest absolute Gasteiger partial charge is 0.586 e. The molecule has 1 amide bonds. The Kier molecular flexibility index (Phi) is 3.74. The van der Waals surface area contributed by atoms with E-state index in [4.69, 9.17) is 0 Å². The molecule has 2 N–H and O–H groups in total. The van der Waals surface area contributed by atoms with Crippen LogP contribution in [0.2, 0.25) is 0 Å². The second-order valence-corrected chi connectivity index (χ2v) is 7.57. The number of nitrogens with one attached hydrogen (secondary N) is 2. The predicted molar refractivity (Wildman–Crippen MR) is 86.8 cm³/mol. The number of rotatable bonds is 3. The van der Waals surface area contributed by atoms with Gasteiger partial charge in [-0.05, 0) is 36.2 Å². The molecule has 0 saturated carbocycles. The Hall–Kier alpha value is -2.95. The summed E-state index contributed by atoms with van der Waals surface area (Å²) in [6, 6.07) is 5.35. The summed E-state index contributed by atoms with van der Waals surface area (Å²) in [5.74, 6) is -1.95. The first-order chi connectivity index (χ1) is 12.6. The van der Waals surface area contributed by atoms with E-state index in [2.05, 4.69) is 19.5 Å². The Bertz CT molecular complexity index is 1070. The Morgan fingerprint density at radius 1 is 1.07 bits per heavy atom. The van der Waals surface area contributed by atoms with E-state index in [0.717, 1.165) is 24.3 Å². The molecule has 2 aromatic rings. The number of benzene rings is 2. The zero-order chi connectivity index (χ0) is 19.4. The number of carbonyl (C=O) groups excluding carboxylic acids is 1. The molecule has 2 aliphatic rings. The molecule has 0 saturated heterocycles. The van der Waals surface area contributed by atoms with E-state index in [0.29, 0.717) is 5.56 Å². The van der Waals surface area contributed by atoms with Crippen LogP contribution in [0.1, 0.15) is 12.0 Å². The van der Waals surface area contributed by atoms with Gasteiger partial charge in [-0.25, -0.2) is 12.8 Å². The highest BCUT2D eigenvalue weighted by Crippen LogP contribution is 2.42. The Morgan fingerprint density at radius 3 is 2.59 bits per heavy atom. The second kappa shape index (κ2) is 5.78. The van der Waals surface area contributed by atoms with Crippen LogP contribution in [0.5, 0.6) is 11.5 Å². The maximum absolute atomic E-state index is 14.3. The summed E-state index contributed by atoms with van der Waals surface area (Å²) in [5.41, 5.74) is 0.579. The van der Waals surface area contributed by atoms with Crippen molar-refractivity contribution in [3.63, 3.8) is 0 Å². The fourth-order valence-electron chi connectivity index (χ4n) is 2.81. The minimum Gasteiger partial charge on any atom is -0.395 e. The van der Waals surface area contributed by atoms with E-state index in [9.17, 15) is 26.4 Å². The van der Waals surface area contributed by atoms with E-state index in [-0.39, 0.29) is 41.6 Å². The minimum atomic E-state index is -4.36. The van der Waals surface area contributed by atoms with Gasteiger partial charge in [-0.15, -0.1) is 8.78 Å². The zero-order valence-corrected chi connectivity index (χ0v) is 14.2.